The maximum atomic E-state index is 13.2. The number of sulfonamides is 1. The number of carbonyl (C=O) groups excluding carboxylic acids is 1. The summed E-state index contributed by atoms with van der Waals surface area (Å²) in [7, 11) is -7.04. The van der Waals surface area contributed by atoms with Crippen LogP contribution in [0.2, 0.25) is 0 Å². The van der Waals surface area contributed by atoms with Crippen molar-refractivity contribution in [3.8, 4) is 12.3 Å². The van der Waals surface area contributed by atoms with Crippen molar-refractivity contribution in [1.29, 1.82) is 0 Å². The molecule has 0 spiro atoms. The summed E-state index contributed by atoms with van der Waals surface area (Å²) in [6.07, 6.45) is 6.82. The largest absolute Gasteiger partial charge is 0.345 e. The Morgan fingerprint density at radius 3 is 2.60 bits per heavy atom. The maximum absolute atomic E-state index is 13.2. The van der Waals surface area contributed by atoms with Crippen LogP contribution in [0.15, 0.2) is 29.3 Å². The van der Waals surface area contributed by atoms with E-state index in [9.17, 15) is 21.6 Å². The standard InChI is InChI=1S/C22H23N5O5S3/c1-3-14-4-5-16-15(10-14)11-20(24-16)35(31,32)27-8-6-26(7-9-27)22(28)21-25-17-12-19(34(2,29)30)23-13-18(17)33-21/h1,4-5,10-11,19,23-24H,6-9,12-13H2,2H3. The van der Waals surface area contributed by atoms with Gasteiger partial charge in [-0.1, -0.05) is 5.92 Å². The molecule has 2 N–H and O–H groups in total. The van der Waals surface area contributed by atoms with Crippen molar-refractivity contribution >= 4 is 48.0 Å². The summed E-state index contributed by atoms with van der Waals surface area (Å²) in [6.45, 7) is 1.11. The van der Waals surface area contributed by atoms with Gasteiger partial charge in [0, 0.05) is 66.7 Å². The highest BCUT2D eigenvalue weighted by Gasteiger charge is 2.34. The number of H-pyrrole nitrogens is 1. The van der Waals surface area contributed by atoms with Gasteiger partial charge in [0.1, 0.15) is 10.4 Å². The number of piperazine rings is 1. The number of hydrogen-bond donors (Lipinski definition) is 2. The summed E-state index contributed by atoms with van der Waals surface area (Å²) in [5.41, 5.74) is 1.97. The van der Waals surface area contributed by atoms with E-state index in [4.69, 9.17) is 6.42 Å². The Morgan fingerprint density at radius 1 is 1.17 bits per heavy atom. The second-order valence-corrected chi connectivity index (χ2v) is 13.8. The average Bonchev–Trinajstić information content (AvgIpc) is 3.46. The Kier molecular flexibility index (Phi) is 5.97. The lowest BCUT2D eigenvalue weighted by atomic mass is 10.2. The molecule has 1 saturated heterocycles. The molecule has 4 heterocycles. The summed E-state index contributed by atoms with van der Waals surface area (Å²) < 4.78 is 51.4. The van der Waals surface area contributed by atoms with E-state index in [1.165, 1.54) is 21.9 Å². The van der Waals surface area contributed by atoms with Crippen LogP contribution in [0.25, 0.3) is 10.9 Å². The molecule has 2 aliphatic heterocycles. The van der Waals surface area contributed by atoms with Crippen LogP contribution in [0.3, 0.4) is 0 Å². The molecule has 1 atom stereocenters. The van der Waals surface area contributed by atoms with Crippen molar-refractivity contribution < 1.29 is 21.6 Å². The highest BCUT2D eigenvalue weighted by molar-refractivity contribution is 7.91. The van der Waals surface area contributed by atoms with E-state index < -0.39 is 25.2 Å². The van der Waals surface area contributed by atoms with Gasteiger partial charge < -0.3 is 9.88 Å². The number of nitrogens with one attached hydrogen (secondary N) is 2. The van der Waals surface area contributed by atoms with E-state index in [0.717, 1.165) is 4.88 Å². The summed E-state index contributed by atoms with van der Waals surface area (Å²) in [5, 5.41) is 3.36. The Hall–Kier alpha value is -2.76. The fourth-order valence-corrected chi connectivity index (χ4v) is 7.56. The van der Waals surface area contributed by atoms with Crippen molar-refractivity contribution in [3.05, 3.63) is 45.4 Å². The van der Waals surface area contributed by atoms with Crippen LogP contribution in [0, 0.1) is 12.3 Å². The van der Waals surface area contributed by atoms with Crippen molar-refractivity contribution in [2.45, 2.75) is 23.4 Å². The molecule has 2 aromatic heterocycles. The van der Waals surface area contributed by atoms with Crippen LogP contribution < -0.4 is 5.32 Å². The third-order valence-corrected chi connectivity index (χ3v) is 10.5. The number of aromatic amines is 1. The lowest BCUT2D eigenvalue weighted by molar-refractivity contribution is 0.0697. The minimum absolute atomic E-state index is 0.0852. The van der Waals surface area contributed by atoms with Gasteiger partial charge in [-0.25, -0.2) is 21.8 Å². The van der Waals surface area contributed by atoms with E-state index in [1.807, 2.05) is 0 Å². The second-order valence-electron chi connectivity index (χ2n) is 8.57. The number of amides is 1. The summed E-state index contributed by atoms with van der Waals surface area (Å²) in [5.74, 6) is 2.26. The van der Waals surface area contributed by atoms with Crippen molar-refractivity contribution in [2.75, 3.05) is 32.4 Å². The Morgan fingerprint density at radius 2 is 1.91 bits per heavy atom. The molecule has 5 rings (SSSR count). The number of benzene rings is 1. The maximum Gasteiger partial charge on any atom is 0.282 e. The number of hydrogen-bond acceptors (Lipinski definition) is 8. The molecule has 0 bridgehead atoms. The molecule has 1 aromatic carbocycles. The Labute approximate surface area is 207 Å². The van der Waals surface area contributed by atoms with Gasteiger partial charge in [-0.05, 0) is 24.3 Å². The molecule has 184 valence electrons. The quantitative estimate of drug-likeness (QED) is 0.474. The van der Waals surface area contributed by atoms with E-state index >= 15 is 0 Å². The zero-order valence-corrected chi connectivity index (χ0v) is 21.3. The lowest BCUT2D eigenvalue weighted by Crippen LogP contribution is -2.50. The Bertz CT molecular complexity index is 1570. The van der Waals surface area contributed by atoms with Gasteiger partial charge in [-0.15, -0.1) is 17.8 Å². The number of rotatable bonds is 4. The van der Waals surface area contributed by atoms with E-state index in [-0.39, 0.29) is 43.5 Å². The molecule has 0 radical (unpaired) electrons. The van der Waals surface area contributed by atoms with E-state index in [1.54, 1.807) is 29.2 Å². The van der Waals surface area contributed by atoms with Crippen LogP contribution in [0.1, 0.15) is 25.9 Å². The van der Waals surface area contributed by atoms with Crippen molar-refractivity contribution in [3.63, 3.8) is 0 Å². The minimum atomic E-state index is -3.77. The van der Waals surface area contributed by atoms with Crippen molar-refractivity contribution in [2.24, 2.45) is 0 Å². The molecule has 1 fully saturated rings. The molecule has 2 aliphatic rings. The van der Waals surface area contributed by atoms with Crippen LogP contribution in [0.4, 0.5) is 0 Å². The number of aromatic nitrogens is 2. The van der Waals surface area contributed by atoms with Crippen LogP contribution in [-0.4, -0.2) is 79.7 Å². The zero-order valence-electron chi connectivity index (χ0n) is 18.8. The fourth-order valence-electron chi connectivity index (χ4n) is 4.27. The predicted molar refractivity (Wildman–Crippen MR) is 132 cm³/mol. The zero-order chi connectivity index (χ0) is 25.0. The number of carbonyl (C=O) groups is 1. The molecule has 0 aliphatic carbocycles. The molecule has 3 aromatic rings. The SMILES string of the molecule is C#Cc1ccc2[nH]c(S(=O)(=O)N3CCN(C(=O)c4nc5c(s4)CNC(S(C)(=O)=O)C5)CC3)cc2c1. The number of fused-ring (bicyclic) bond motifs is 2. The third kappa shape index (κ3) is 4.48. The summed E-state index contributed by atoms with van der Waals surface area (Å²) >= 11 is 1.25. The topological polar surface area (TPSA) is 133 Å². The number of thiazole rings is 1. The molecule has 10 nitrogen and oxygen atoms in total. The lowest BCUT2D eigenvalue weighted by Gasteiger charge is -2.33. The Balaban J connectivity index is 1.27. The smallest absolute Gasteiger partial charge is 0.282 e. The summed E-state index contributed by atoms with van der Waals surface area (Å²) in [6, 6.07) is 6.82. The first-order valence-corrected chi connectivity index (χ1v) is 15.1. The first-order chi connectivity index (χ1) is 16.6. The normalized spacial score (nSPS) is 19.4. The van der Waals surface area contributed by atoms with Gasteiger partial charge in [0.25, 0.3) is 15.9 Å². The van der Waals surface area contributed by atoms with Gasteiger partial charge in [0.15, 0.2) is 14.8 Å². The van der Waals surface area contributed by atoms with Gasteiger partial charge in [0.2, 0.25) is 0 Å². The second kappa shape index (κ2) is 8.72. The highest BCUT2D eigenvalue weighted by atomic mass is 32.2. The van der Waals surface area contributed by atoms with Crippen molar-refractivity contribution in [1.82, 2.24) is 24.5 Å². The molecule has 0 saturated carbocycles. The van der Waals surface area contributed by atoms with Gasteiger partial charge >= 0.3 is 0 Å². The van der Waals surface area contributed by atoms with Crippen LogP contribution in [-0.2, 0) is 32.8 Å². The average molecular weight is 534 g/mol. The van der Waals surface area contributed by atoms with Gasteiger partial charge in [-0.3, -0.25) is 10.1 Å². The third-order valence-electron chi connectivity index (χ3n) is 6.25. The molecular formula is C22H23N5O5S3. The van der Waals surface area contributed by atoms with Crippen LogP contribution in [0.5, 0.6) is 0 Å². The molecule has 35 heavy (non-hydrogen) atoms. The summed E-state index contributed by atoms with van der Waals surface area (Å²) in [4.78, 5) is 22.8. The van der Waals surface area contributed by atoms with Gasteiger partial charge in [-0.2, -0.15) is 4.31 Å². The molecule has 13 heteroatoms. The van der Waals surface area contributed by atoms with E-state index in [0.29, 0.717) is 33.7 Å². The monoisotopic (exact) mass is 533 g/mol. The first kappa shape index (κ1) is 24.0. The van der Waals surface area contributed by atoms with E-state index in [2.05, 4.69) is 21.2 Å². The minimum Gasteiger partial charge on any atom is -0.345 e. The van der Waals surface area contributed by atoms with Gasteiger partial charge in [0.05, 0.1) is 5.69 Å². The molecule has 1 amide bonds. The number of sulfone groups is 1. The number of terminal acetylenes is 1. The first-order valence-electron chi connectivity index (χ1n) is 10.9. The van der Waals surface area contributed by atoms with Crippen LogP contribution >= 0.6 is 11.3 Å². The molecule has 1 unspecified atom stereocenters. The molecular weight excluding hydrogens is 510 g/mol. The fraction of sp³-hybridized carbons (Fsp3) is 0.364. The highest BCUT2D eigenvalue weighted by Crippen LogP contribution is 2.27. The predicted octanol–water partition coefficient (Wildman–Crippen LogP) is 0.769. The number of nitrogens with zero attached hydrogens (tertiary/aromatic N) is 3.